The fourth-order valence-electron chi connectivity index (χ4n) is 2.43. The Labute approximate surface area is 154 Å². The molecule has 0 aromatic heterocycles. The van der Waals surface area contributed by atoms with Gasteiger partial charge in [0.05, 0.1) is 6.10 Å². The first-order chi connectivity index (χ1) is 12.4. The van der Waals surface area contributed by atoms with Crippen LogP contribution in [0.3, 0.4) is 0 Å². The van der Waals surface area contributed by atoms with E-state index in [-0.39, 0.29) is 17.8 Å². The Morgan fingerprint density at radius 3 is 2.15 bits per heavy atom. The monoisotopic (exact) mass is 359 g/mol. The predicted molar refractivity (Wildman–Crippen MR) is 100 cm³/mol. The molecule has 1 amide bonds. The molecule has 0 spiro atoms. The minimum Gasteiger partial charge on any atom is -0.491 e. The van der Waals surface area contributed by atoms with Crippen molar-refractivity contribution in [2.45, 2.75) is 45.8 Å². The number of nitrogens with one attached hydrogen (secondary N) is 1. The van der Waals surface area contributed by atoms with Crippen molar-refractivity contribution in [2.75, 3.05) is 6.54 Å². The second-order valence-corrected chi connectivity index (χ2v) is 6.42. The number of benzene rings is 2. The quantitative estimate of drug-likeness (QED) is 0.685. The maximum atomic E-state index is 12.9. The molecular weight excluding hydrogens is 333 g/mol. The fourth-order valence-corrected chi connectivity index (χ4v) is 2.43. The van der Waals surface area contributed by atoms with E-state index in [0.29, 0.717) is 12.3 Å². The Hall–Kier alpha value is -2.56. The van der Waals surface area contributed by atoms with E-state index in [1.165, 1.54) is 29.8 Å². The average molecular weight is 359 g/mol. The average Bonchev–Trinajstić information content (AvgIpc) is 2.61. The van der Waals surface area contributed by atoms with Crippen LogP contribution in [0.25, 0.3) is 0 Å². The Morgan fingerprint density at radius 2 is 1.54 bits per heavy atom. The number of hydrogen-bond acceptors (Lipinski definition) is 3. The van der Waals surface area contributed by atoms with Gasteiger partial charge in [-0.2, -0.15) is 0 Å². The zero-order valence-corrected chi connectivity index (χ0v) is 15.5. The molecule has 0 saturated heterocycles. The van der Waals surface area contributed by atoms with Gasteiger partial charge in [0.1, 0.15) is 17.3 Å². The molecule has 5 heteroatoms. The molecule has 0 aliphatic rings. The number of halogens is 1. The lowest BCUT2D eigenvalue weighted by Gasteiger charge is -2.14. The Balaban J connectivity index is 1.68. The standard InChI is InChI=1S/C21H26FNO3/c1-15(2)25-19-10-6-17(7-11-19)5-4-14-23-21(24)16(3)26-20-12-8-18(22)9-13-20/h6-13,15-16H,4-5,14H2,1-3H3,(H,23,24)/t16-/m1/s1. The lowest BCUT2D eigenvalue weighted by Crippen LogP contribution is -2.36. The number of rotatable bonds is 9. The first kappa shape index (κ1) is 19.8. The topological polar surface area (TPSA) is 47.6 Å². The number of ether oxygens (including phenoxy) is 2. The first-order valence-corrected chi connectivity index (χ1v) is 8.89. The summed E-state index contributed by atoms with van der Waals surface area (Å²) in [5.41, 5.74) is 1.20. The van der Waals surface area contributed by atoms with Crippen molar-refractivity contribution in [2.24, 2.45) is 0 Å². The highest BCUT2D eigenvalue weighted by Crippen LogP contribution is 2.15. The normalized spacial score (nSPS) is 11.9. The molecule has 2 aromatic carbocycles. The molecule has 0 aliphatic carbocycles. The van der Waals surface area contributed by atoms with Gasteiger partial charge in [-0.05, 0) is 75.6 Å². The van der Waals surface area contributed by atoms with Gasteiger partial charge in [0.2, 0.25) is 0 Å². The van der Waals surface area contributed by atoms with Gasteiger partial charge in [0.15, 0.2) is 6.10 Å². The van der Waals surface area contributed by atoms with Gasteiger partial charge < -0.3 is 14.8 Å². The fraction of sp³-hybridized carbons (Fsp3) is 0.381. The summed E-state index contributed by atoms with van der Waals surface area (Å²) in [5.74, 6) is 0.815. The third kappa shape index (κ3) is 6.75. The zero-order valence-electron chi connectivity index (χ0n) is 15.5. The maximum absolute atomic E-state index is 12.9. The van der Waals surface area contributed by atoms with E-state index >= 15 is 0 Å². The van der Waals surface area contributed by atoms with Gasteiger partial charge in [0, 0.05) is 6.54 Å². The summed E-state index contributed by atoms with van der Waals surface area (Å²) >= 11 is 0. The molecule has 1 N–H and O–H groups in total. The van der Waals surface area contributed by atoms with Crippen molar-refractivity contribution in [3.05, 3.63) is 59.9 Å². The molecule has 2 rings (SSSR count). The van der Waals surface area contributed by atoms with Crippen molar-refractivity contribution in [3.8, 4) is 11.5 Å². The van der Waals surface area contributed by atoms with Gasteiger partial charge in [0.25, 0.3) is 5.91 Å². The maximum Gasteiger partial charge on any atom is 0.260 e. The molecule has 0 unspecified atom stereocenters. The van der Waals surface area contributed by atoms with E-state index < -0.39 is 6.10 Å². The smallest absolute Gasteiger partial charge is 0.260 e. The first-order valence-electron chi connectivity index (χ1n) is 8.89. The lowest BCUT2D eigenvalue weighted by atomic mass is 10.1. The summed E-state index contributed by atoms with van der Waals surface area (Å²) in [5, 5.41) is 2.86. The van der Waals surface area contributed by atoms with E-state index in [4.69, 9.17) is 9.47 Å². The minimum absolute atomic E-state index is 0.162. The van der Waals surface area contributed by atoms with Crippen molar-refractivity contribution in [3.63, 3.8) is 0 Å². The van der Waals surface area contributed by atoms with E-state index in [2.05, 4.69) is 5.32 Å². The van der Waals surface area contributed by atoms with Crippen LogP contribution in [-0.2, 0) is 11.2 Å². The van der Waals surface area contributed by atoms with Gasteiger partial charge in [-0.1, -0.05) is 12.1 Å². The largest absolute Gasteiger partial charge is 0.491 e. The van der Waals surface area contributed by atoms with Crippen LogP contribution in [0.1, 0.15) is 32.8 Å². The molecule has 0 fully saturated rings. The highest BCUT2D eigenvalue weighted by atomic mass is 19.1. The van der Waals surface area contributed by atoms with Crippen LogP contribution in [-0.4, -0.2) is 24.7 Å². The third-order valence-electron chi connectivity index (χ3n) is 3.73. The summed E-state index contributed by atoms with van der Waals surface area (Å²) in [4.78, 5) is 12.0. The van der Waals surface area contributed by atoms with Crippen LogP contribution in [0.4, 0.5) is 4.39 Å². The summed E-state index contributed by atoms with van der Waals surface area (Å²) in [6, 6.07) is 13.6. The van der Waals surface area contributed by atoms with Crippen LogP contribution in [0.2, 0.25) is 0 Å². The summed E-state index contributed by atoms with van der Waals surface area (Å²) in [6.45, 7) is 6.24. The van der Waals surface area contributed by atoms with Crippen molar-refractivity contribution in [1.82, 2.24) is 5.32 Å². The number of carbonyl (C=O) groups is 1. The second-order valence-electron chi connectivity index (χ2n) is 6.42. The molecule has 0 bridgehead atoms. The minimum atomic E-state index is -0.632. The molecular formula is C21H26FNO3. The molecule has 4 nitrogen and oxygen atoms in total. The van der Waals surface area contributed by atoms with Crippen molar-refractivity contribution < 1.29 is 18.7 Å². The van der Waals surface area contributed by atoms with Gasteiger partial charge in [-0.25, -0.2) is 4.39 Å². The Kier molecular flexibility index (Phi) is 7.45. The summed E-state index contributed by atoms with van der Waals surface area (Å²) < 4.78 is 24.0. The van der Waals surface area contributed by atoms with Crippen LogP contribution in [0.5, 0.6) is 11.5 Å². The Bertz CT molecular complexity index is 683. The van der Waals surface area contributed by atoms with Crippen LogP contribution in [0.15, 0.2) is 48.5 Å². The van der Waals surface area contributed by atoms with Gasteiger partial charge in [-0.3, -0.25) is 4.79 Å². The van der Waals surface area contributed by atoms with Crippen molar-refractivity contribution >= 4 is 5.91 Å². The molecule has 26 heavy (non-hydrogen) atoms. The van der Waals surface area contributed by atoms with E-state index in [0.717, 1.165) is 18.6 Å². The highest BCUT2D eigenvalue weighted by Gasteiger charge is 2.13. The van der Waals surface area contributed by atoms with Gasteiger partial charge >= 0.3 is 0 Å². The molecule has 0 aliphatic heterocycles. The number of aryl methyl sites for hydroxylation is 1. The number of hydrogen-bond donors (Lipinski definition) is 1. The second kappa shape index (κ2) is 9.80. The molecule has 0 saturated carbocycles. The predicted octanol–water partition coefficient (Wildman–Crippen LogP) is 4.13. The summed E-state index contributed by atoms with van der Waals surface area (Å²) in [6.07, 6.45) is 1.23. The summed E-state index contributed by atoms with van der Waals surface area (Å²) in [7, 11) is 0. The van der Waals surface area contributed by atoms with E-state index in [1.54, 1.807) is 6.92 Å². The molecule has 0 heterocycles. The van der Waals surface area contributed by atoms with Crippen LogP contribution in [0, 0.1) is 5.82 Å². The molecule has 1 atom stereocenters. The van der Waals surface area contributed by atoms with E-state index in [9.17, 15) is 9.18 Å². The van der Waals surface area contributed by atoms with Crippen LogP contribution < -0.4 is 14.8 Å². The lowest BCUT2D eigenvalue weighted by molar-refractivity contribution is -0.127. The third-order valence-corrected chi connectivity index (χ3v) is 3.73. The number of carbonyl (C=O) groups excluding carboxylic acids is 1. The number of amides is 1. The highest BCUT2D eigenvalue weighted by molar-refractivity contribution is 5.80. The zero-order chi connectivity index (χ0) is 18.9. The van der Waals surface area contributed by atoms with Gasteiger partial charge in [-0.15, -0.1) is 0 Å². The molecule has 0 radical (unpaired) electrons. The SMILES string of the molecule is CC(C)Oc1ccc(CCCNC(=O)[C@@H](C)Oc2ccc(F)cc2)cc1. The molecule has 140 valence electrons. The Morgan fingerprint density at radius 1 is 0.962 bits per heavy atom. The van der Waals surface area contributed by atoms with Crippen LogP contribution >= 0.6 is 0 Å². The van der Waals surface area contributed by atoms with Crippen molar-refractivity contribution in [1.29, 1.82) is 0 Å². The molecule has 2 aromatic rings. The van der Waals surface area contributed by atoms with E-state index in [1.807, 2.05) is 38.1 Å².